The third kappa shape index (κ3) is 3.15. The number of rotatable bonds is 3. The van der Waals surface area contributed by atoms with Crippen LogP contribution in [0.15, 0.2) is 41.3 Å². The van der Waals surface area contributed by atoms with E-state index in [0.29, 0.717) is 0 Å². The van der Waals surface area contributed by atoms with Crippen LogP contribution in [-0.4, -0.2) is 8.42 Å². The summed E-state index contributed by atoms with van der Waals surface area (Å²) in [6.45, 7) is 0. The highest BCUT2D eigenvalue weighted by Gasteiger charge is 2.19. The maximum Gasteiger partial charge on any atom is 0.263 e. The lowest BCUT2D eigenvalue weighted by atomic mass is 10.3. The third-order valence-corrected chi connectivity index (χ3v) is 4.52. The summed E-state index contributed by atoms with van der Waals surface area (Å²) in [4.78, 5) is -0.185. The molecule has 0 aromatic heterocycles. The minimum Gasteiger partial charge on any atom is -0.397 e. The number of nitrogens with one attached hydrogen (secondary N) is 1. The highest BCUT2D eigenvalue weighted by Crippen LogP contribution is 2.28. The molecule has 2 aromatic rings. The van der Waals surface area contributed by atoms with Gasteiger partial charge in [-0.2, -0.15) is 0 Å². The second-order valence-corrected chi connectivity index (χ2v) is 6.41. The van der Waals surface area contributed by atoms with Crippen molar-refractivity contribution in [2.24, 2.45) is 0 Å². The van der Waals surface area contributed by atoms with Crippen LogP contribution in [0.5, 0.6) is 0 Å². The molecule has 106 valence electrons. The zero-order chi connectivity index (χ0) is 14.9. The van der Waals surface area contributed by atoms with E-state index in [1.807, 2.05) is 0 Å². The number of nitrogen functional groups attached to an aromatic ring is 1. The molecule has 0 bridgehead atoms. The predicted molar refractivity (Wildman–Crippen MR) is 78.1 cm³/mol. The fraction of sp³-hybridized carbons (Fsp3) is 0. The van der Waals surface area contributed by atoms with Crippen LogP contribution in [0.2, 0.25) is 10.0 Å². The van der Waals surface area contributed by atoms with Crippen molar-refractivity contribution in [2.75, 3.05) is 10.5 Å². The van der Waals surface area contributed by atoms with Gasteiger partial charge in [0.1, 0.15) is 10.7 Å². The Morgan fingerprint density at radius 1 is 1.10 bits per heavy atom. The maximum absolute atomic E-state index is 12.9. The van der Waals surface area contributed by atoms with Crippen molar-refractivity contribution >= 4 is 44.6 Å². The van der Waals surface area contributed by atoms with Crippen LogP contribution in [-0.2, 0) is 10.0 Å². The zero-order valence-corrected chi connectivity index (χ0v) is 12.2. The van der Waals surface area contributed by atoms with E-state index in [1.54, 1.807) is 0 Å². The summed E-state index contributed by atoms with van der Waals surface area (Å²) in [5, 5.41) is 0.240. The largest absolute Gasteiger partial charge is 0.397 e. The second-order valence-electron chi connectivity index (χ2n) is 3.91. The molecule has 0 spiro atoms. The van der Waals surface area contributed by atoms with Crippen LogP contribution in [0.4, 0.5) is 15.8 Å². The van der Waals surface area contributed by atoms with E-state index in [-0.39, 0.29) is 26.3 Å². The standard InChI is InChI=1S/C12H9Cl2FN2O2S/c13-7-1-3-9(14)12(5-7)20(18,19)17-11-4-2-8(15)6-10(11)16/h1-6,17H,16H2. The summed E-state index contributed by atoms with van der Waals surface area (Å²) in [5.41, 5.74) is 5.57. The van der Waals surface area contributed by atoms with Crippen molar-refractivity contribution in [2.45, 2.75) is 4.90 Å². The third-order valence-electron chi connectivity index (χ3n) is 2.44. The van der Waals surface area contributed by atoms with Crippen LogP contribution >= 0.6 is 23.2 Å². The van der Waals surface area contributed by atoms with Crippen molar-refractivity contribution in [3.05, 3.63) is 52.3 Å². The summed E-state index contributed by atoms with van der Waals surface area (Å²) in [6, 6.07) is 7.37. The number of sulfonamides is 1. The molecule has 0 radical (unpaired) electrons. The van der Waals surface area contributed by atoms with Crippen molar-refractivity contribution in [3.63, 3.8) is 0 Å². The monoisotopic (exact) mass is 334 g/mol. The average Bonchev–Trinajstić information content (AvgIpc) is 2.35. The van der Waals surface area contributed by atoms with E-state index in [9.17, 15) is 12.8 Å². The minimum atomic E-state index is -3.97. The fourth-order valence-corrected chi connectivity index (χ4v) is 3.36. The molecule has 8 heteroatoms. The summed E-state index contributed by atoms with van der Waals surface area (Å²) in [6.07, 6.45) is 0. The lowest BCUT2D eigenvalue weighted by Crippen LogP contribution is -2.14. The number of halogens is 3. The number of benzene rings is 2. The van der Waals surface area contributed by atoms with Crippen molar-refractivity contribution in [1.29, 1.82) is 0 Å². The van der Waals surface area contributed by atoms with Crippen molar-refractivity contribution in [3.8, 4) is 0 Å². The van der Waals surface area contributed by atoms with Gasteiger partial charge in [0.05, 0.1) is 16.4 Å². The van der Waals surface area contributed by atoms with Crippen LogP contribution in [0.1, 0.15) is 0 Å². The van der Waals surface area contributed by atoms with E-state index in [4.69, 9.17) is 28.9 Å². The Morgan fingerprint density at radius 3 is 2.45 bits per heavy atom. The Balaban J connectivity index is 2.43. The first-order valence-corrected chi connectivity index (χ1v) is 7.56. The molecular formula is C12H9Cl2FN2O2S. The molecule has 3 N–H and O–H groups in total. The molecule has 0 atom stereocenters. The van der Waals surface area contributed by atoms with Gasteiger partial charge < -0.3 is 5.73 Å². The molecule has 0 unspecified atom stereocenters. The summed E-state index contributed by atoms with van der Waals surface area (Å²) in [7, 11) is -3.97. The Morgan fingerprint density at radius 2 is 1.80 bits per heavy atom. The summed E-state index contributed by atoms with van der Waals surface area (Å²) in [5.74, 6) is -0.564. The van der Waals surface area contributed by atoms with E-state index in [2.05, 4.69) is 4.72 Å². The first kappa shape index (κ1) is 14.9. The number of nitrogens with two attached hydrogens (primary N) is 1. The molecule has 4 nitrogen and oxygen atoms in total. The van der Waals surface area contributed by atoms with E-state index >= 15 is 0 Å². The Labute approximate surface area is 125 Å². The molecule has 2 aromatic carbocycles. The number of hydrogen-bond acceptors (Lipinski definition) is 3. The van der Waals surface area contributed by atoms with Gasteiger partial charge in [-0.3, -0.25) is 4.72 Å². The van der Waals surface area contributed by atoms with Crippen LogP contribution in [0.3, 0.4) is 0 Å². The quantitative estimate of drug-likeness (QED) is 0.843. The molecule has 0 saturated carbocycles. The SMILES string of the molecule is Nc1cc(F)ccc1NS(=O)(=O)c1cc(Cl)ccc1Cl. The first-order chi connectivity index (χ1) is 9.29. The second kappa shape index (κ2) is 5.47. The fourth-order valence-electron chi connectivity index (χ4n) is 1.51. The molecule has 0 aliphatic heterocycles. The molecule has 0 aliphatic rings. The minimum absolute atomic E-state index is 0.0163. The van der Waals surface area contributed by atoms with Gasteiger partial charge in [-0.15, -0.1) is 0 Å². The van der Waals surface area contributed by atoms with Gasteiger partial charge in [0, 0.05) is 5.02 Å². The molecule has 20 heavy (non-hydrogen) atoms. The van der Waals surface area contributed by atoms with Gasteiger partial charge in [-0.25, -0.2) is 12.8 Å². The highest BCUT2D eigenvalue weighted by molar-refractivity contribution is 7.92. The average molecular weight is 335 g/mol. The number of anilines is 2. The molecule has 0 fully saturated rings. The normalized spacial score (nSPS) is 11.3. The van der Waals surface area contributed by atoms with Crippen LogP contribution < -0.4 is 10.5 Å². The van der Waals surface area contributed by atoms with Gasteiger partial charge in [-0.1, -0.05) is 23.2 Å². The van der Waals surface area contributed by atoms with Gasteiger partial charge in [0.25, 0.3) is 10.0 Å². The topological polar surface area (TPSA) is 72.2 Å². The molecule has 0 aliphatic carbocycles. The maximum atomic E-state index is 12.9. The Hall–Kier alpha value is -1.50. The lowest BCUT2D eigenvalue weighted by molar-refractivity contribution is 0.601. The summed E-state index contributed by atoms with van der Waals surface area (Å²) < 4.78 is 39.6. The smallest absolute Gasteiger partial charge is 0.263 e. The molecule has 0 amide bonds. The molecular weight excluding hydrogens is 326 g/mol. The van der Waals surface area contributed by atoms with Gasteiger partial charge in [0.2, 0.25) is 0 Å². The lowest BCUT2D eigenvalue weighted by Gasteiger charge is -2.11. The molecule has 2 rings (SSSR count). The van der Waals surface area contributed by atoms with Crippen molar-refractivity contribution < 1.29 is 12.8 Å². The van der Waals surface area contributed by atoms with Gasteiger partial charge >= 0.3 is 0 Å². The van der Waals surface area contributed by atoms with Crippen molar-refractivity contribution in [1.82, 2.24) is 0 Å². The van der Waals surface area contributed by atoms with Gasteiger partial charge in [0.15, 0.2) is 0 Å². The van der Waals surface area contributed by atoms with E-state index in [1.165, 1.54) is 24.3 Å². The Kier molecular flexibility index (Phi) is 4.08. The van der Waals surface area contributed by atoms with Crippen LogP contribution in [0, 0.1) is 5.82 Å². The van der Waals surface area contributed by atoms with Crippen LogP contribution in [0.25, 0.3) is 0 Å². The summed E-state index contributed by atoms with van der Waals surface area (Å²) >= 11 is 11.6. The molecule has 0 heterocycles. The molecule has 0 saturated heterocycles. The number of hydrogen-bond donors (Lipinski definition) is 2. The van der Waals surface area contributed by atoms with Gasteiger partial charge in [-0.05, 0) is 36.4 Å². The Bertz CT molecular complexity index is 766. The highest BCUT2D eigenvalue weighted by atomic mass is 35.5. The predicted octanol–water partition coefficient (Wildman–Crippen LogP) is 3.52. The first-order valence-electron chi connectivity index (χ1n) is 5.32. The van der Waals surface area contributed by atoms with E-state index < -0.39 is 15.8 Å². The van der Waals surface area contributed by atoms with E-state index in [0.717, 1.165) is 12.1 Å². The zero-order valence-electron chi connectivity index (χ0n) is 9.90.